The summed E-state index contributed by atoms with van der Waals surface area (Å²) in [7, 11) is 0. The maximum absolute atomic E-state index is 12.3. The normalized spacial score (nSPS) is 11.7. The number of ether oxygens (including phenoxy) is 1. The van der Waals surface area contributed by atoms with E-state index in [9.17, 15) is 4.79 Å². The molecule has 0 aromatic heterocycles. The lowest BCUT2D eigenvalue weighted by Gasteiger charge is -2.22. The predicted octanol–water partition coefficient (Wildman–Crippen LogP) is 5.87. The molecule has 1 unspecified atom stereocenters. The first-order valence-electron chi connectivity index (χ1n) is 8.95. The van der Waals surface area contributed by atoms with E-state index in [2.05, 4.69) is 30.1 Å². The van der Waals surface area contributed by atoms with Crippen LogP contribution in [0.3, 0.4) is 0 Å². The van der Waals surface area contributed by atoms with Crippen LogP contribution in [0.5, 0.6) is 0 Å². The molecule has 2 rings (SSSR count). The third-order valence-corrected chi connectivity index (χ3v) is 5.19. The average Bonchev–Trinajstić information content (AvgIpc) is 2.65. The Balaban J connectivity index is 2.00. The van der Waals surface area contributed by atoms with E-state index in [0.717, 1.165) is 35.6 Å². The Morgan fingerprint density at radius 3 is 2.35 bits per heavy atom. The Morgan fingerprint density at radius 1 is 1.15 bits per heavy atom. The van der Waals surface area contributed by atoms with Crippen molar-refractivity contribution in [3.05, 3.63) is 53.6 Å². The average molecular weight is 373 g/mol. The fraction of sp³-hybridized carbons (Fsp3) is 0.381. The third-order valence-electron chi connectivity index (χ3n) is 4.44. The quantitative estimate of drug-likeness (QED) is 0.617. The molecule has 0 saturated heterocycles. The summed E-state index contributed by atoms with van der Waals surface area (Å²) < 4.78 is 5.52. The van der Waals surface area contributed by atoms with Crippen molar-refractivity contribution >= 4 is 29.2 Å². The number of nitrogens with one attached hydrogen (secondary N) is 1. The Kier molecular flexibility index (Phi) is 7.39. The van der Waals surface area contributed by atoms with Gasteiger partial charge in [-0.2, -0.15) is 0 Å². The van der Waals surface area contributed by atoms with Gasteiger partial charge in [0.2, 0.25) is 0 Å². The minimum absolute atomic E-state index is 0.304. The highest BCUT2D eigenvalue weighted by molar-refractivity contribution is 7.98. The number of thioether (sulfide) groups is 1. The molecule has 0 aliphatic carbocycles. The van der Waals surface area contributed by atoms with Gasteiger partial charge in [0.15, 0.2) is 0 Å². The highest BCUT2D eigenvalue weighted by atomic mass is 32.2. The van der Waals surface area contributed by atoms with E-state index >= 15 is 0 Å². The van der Waals surface area contributed by atoms with Gasteiger partial charge in [-0.25, -0.2) is 4.79 Å². The molecule has 0 fully saturated rings. The Labute approximate surface area is 160 Å². The first-order valence-corrected chi connectivity index (χ1v) is 10.2. The summed E-state index contributed by atoms with van der Waals surface area (Å²) >= 11 is 1.69. The zero-order chi connectivity index (χ0) is 19.1. The van der Waals surface area contributed by atoms with Crippen molar-refractivity contribution in [2.45, 2.75) is 38.7 Å². The van der Waals surface area contributed by atoms with E-state index in [1.54, 1.807) is 11.8 Å². The molecular weight excluding hydrogens is 344 g/mol. The lowest BCUT2D eigenvalue weighted by atomic mass is 10.1. The van der Waals surface area contributed by atoms with Crippen LogP contribution in [0.4, 0.5) is 16.2 Å². The van der Waals surface area contributed by atoms with Gasteiger partial charge in [0.1, 0.15) is 6.10 Å². The lowest BCUT2D eigenvalue weighted by molar-refractivity contribution is 0.121. The monoisotopic (exact) mass is 372 g/mol. The van der Waals surface area contributed by atoms with Gasteiger partial charge in [-0.15, -0.1) is 11.8 Å². The van der Waals surface area contributed by atoms with E-state index in [4.69, 9.17) is 4.74 Å². The van der Waals surface area contributed by atoms with E-state index in [0.29, 0.717) is 0 Å². The minimum Gasteiger partial charge on any atom is -0.441 e. The number of hydrogen-bond donors (Lipinski definition) is 1. The zero-order valence-corrected chi connectivity index (χ0v) is 17.0. The molecule has 0 saturated carbocycles. The Morgan fingerprint density at radius 2 is 1.81 bits per heavy atom. The van der Waals surface area contributed by atoms with Crippen LogP contribution in [0.15, 0.2) is 47.4 Å². The number of carbonyl (C=O) groups excluding carboxylic acids is 1. The van der Waals surface area contributed by atoms with Gasteiger partial charge >= 0.3 is 6.09 Å². The standard InChI is InChI=1S/C21H28N2O2S/c1-6-23(7-2)18-10-13-20(15(3)14-18)22-21(24)25-16(4)17-8-11-19(26-5)12-9-17/h8-14,16H,6-7H2,1-5H3,(H,22,24). The summed E-state index contributed by atoms with van der Waals surface area (Å²) in [4.78, 5) is 15.7. The second-order valence-corrected chi connectivity index (χ2v) is 7.00. The molecule has 0 bridgehead atoms. The molecule has 1 amide bonds. The van der Waals surface area contributed by atoms with Gasteiger partial charge in [0.25, 0.3) is 0 Å². The summed E-state index contributed by atoms with van der Waals surface area (Å²) in [6, 6.07) is 14.1. The summed E-state index contributed by atoms with van der Waals surface area (Å²) in [6.45, 7) is 10.1. The highest BCUT2D eigenvalue weighted by Gasteiger charge is 2.13. The number of hydrogen-bond acceptors (Lipinski definition) is 4. The molecule has 4 nitrogen and oxygen atoms in total. The molecule has 0 radical (unpaired) electrons. The molecule has 0 aliphatic heterocycles. The fourth-order valence-electron chi connectivity index (χ4n) is 2.82. The number of amides is 1. The fourth-order valence-corrected chi connectivity index (χ4v) is 3.22. The largest absolute Gasteiger partial charge is 0.441 e. The van der Waals surface area contributed by atoms with Gasteiger partial charge in [0, 0.05) is 29.4 Å². The second-order valence-electron chi connectivity index (χ2n) is 6.12. The van der Waals surface area contributed by atoms with Gasteiger partial charge in [0.05, 0.1) is 0 Å². The first-order chi connectivity index (χ1) is 12.5. The van der Waals surface area contributed by atoms with E-state index in [1.807, 2.05) is 56.5 Å². The third kappa shape index (κ3) is 5.18. The molecular formula is C21H28N2O2S. The van der Waals surface area contributed by atoms with E-state index < -0.39 is 6.09 Å². The van der Waals surface area contributed by atoms with Crippen LogP contribution in [-0.4, -0.2) is 25.4 Å². The van der Waals surface area contributed by atoms with Crippen molar-refractivity contribution in [3.63, 3.8) is 0 Å². The number of rotatable bonds is 7. The molecule has 0 heterocycles. The topological polar surface area (TPSA) is 41.6 Å². The van der Waals surface area contributed by atoms with Crippen molar-refractivity contribution in [1.29, 1.82) is 0 Å². The zero-order valence-electron chi connectivity index (χ0n) is 16.2. The molecule has 2 aromatic carbocycles. The Hall–Kier alpha value is -2.14. The second kappa shape index (κ2) is 9.53. The molecule has 0 spiro atoms. The highest BCUT2D eigenvalue weighted by Crippen LogP contribution is 2.24. The van der Waals surface area contributed by atoms with Crippen molar-refractivity contribution in [2.24, 2.45) is 0 Å². The van der Waals surface area contributed by atoms with Crippen LogP contribution in [0, 0.1) is 6.92 Å². The van der Waals surface area contributed by atoms with Crippen LogP contribution in [-0.2, 0) is 4.74 Å². The van der Waals surface area contributed by atoms with Crippen LogP contribution in [0.2, 0.25) is 0 Å². The van der Waals surface area contributed by atoms with Gasteiger partial charge in [-0.3, -0.25) is 5.32 Å². The molecule has 1 atom stereocenters. The van der Waals surface area contributed by atoms with Crippen molar-refractivity contribution < 1.29 is 9.53 Å². The number of aryl methyl sites for hydroxylation is 1. The van der Waals surface area contributed by atoms with Gasteiger partial charge in [-0.1, -0.05) is 12.1 Å². The lowest BCUT2D eigenvalue weighted by Crippen LogP contribution is -2.22. The minimum atomic E-state index is -0.440. The van der Waals surface area contributed by atoms with Gasteiger partial charge in [-0.05, 0) is 75.4 Å². The Bertz CT molecular complexity index is 727. The van der Waals surface area contributed by atoms with Gasteiger partial charge < -0.3 is 9.64 Å². The molecule has 1 N–H and O–H groups in total. The van der Waals surface area contributed by atoms with Crippen LogP contribution in [0.1, 0.15) is 38.0 Å². The smallest absolute Gasteiger partial charge is 0.412 e. The first kappa shape index (κ1) is 20.2. The van der Waals surface area contributed by atoms with Crippen molar-refractivity contribution in [1.82, 2.24) is 0 Å². The maximum Gasteiger partial charge on any atom is 0.412 e. The predicted molar refractivity (Wildman–Crippen MR) is 111 cm³/mol. The summed E-state index contributed by atoms with van der Waals surface area (Å²) in [6.07, 6.45) is 1.29. The molecule has 2 aromatic rings. The summed E-state index contributed by atoms with van der Waals surface area (Å²) in [5.41, 5.74) is 3.93. The van der Waals surface area contributed by atoms with E-state index in [1.165, 1.54) is 4.90 Å². The van der Waals surface area contributed by atoms with Crippen molar-refractivity contribution in [2.75, 3.05) is 29.6 Å². The van der Waals surface area contributed by atoms with Crippen LogP contribution in [0.25, 0.3) is 0 Å². The van der Waals surface area contributed by atoms with Crippen LogP contribution < -0.4 is 10.2 Å². The van der Waals surface area contributed by atoms with Crippen molar-refractivity contribution in [3.8, 4) is 0 Å². The molecule has 5 heteroatoms. The number of benzene rings is 2. The molecule has 140 valence electrons. The molecule has 0 aliphatic rings. The van der Waals surface area contributed by atoms with Crippen LogP contribution >= 0.6 is 11.8 Å². The number of anilines is 2. The summed E-state index contributed by atoms with van der Waals surface area (Å²) in [5, 5.41) is 2.85. The van der Waals surface area contributed by atoms with E-state index in [-0.39, 0.29) is 6.10 Å². The SMILES string of the molecule is CCN(CC)c1ccc(NC(=O)OC(C)c2ccc(SC)cc2)c(C)c1. The number of nitrogens with zero attached hydrogens (tertiary/aromatic N) is 1. The maximum atomic E-state index is 12.3. The number of carbonyl (C=O) groups is 1. The summed E-state index contributed by atoms with van der Waals surface area (Å²) in [5.74, 6) is 0. The molecule has 26 heavy (non-hydrogen) atoms.